The van der Waals surface area contributed by atoms with Gasteiger partial charge in [0.1, 0.15) is 5.75 Å². The third kappa shape index (κ3) is 2.97. The summed E-state index contributed by atoms with van der Waals surface area (Å²) in [6.45, 7) is 1.95. The smallest absolute Gasteiger partial charge is 0.235 e. The van der Waals surface area contributed by atoms with Crippen LogP contribution in [0.4, 0.5) is 11.9 Å². The van der Waals surface area contributed by atoms with Crippen LogP contribution in [0.5, 0.6) is 11.6 Å². The number of methoxy groups -OCH3 is 2. The molecule has 0 amide bonds. The van der Waals surface area contributed by atoms with Crippen molar-refractivity contribution in [1.82, 2.24) is 19.9 Å². The van der Waals surface area contributed by atoms with E-state index in [1.54, 1.807) is 19.1 Å². The van der Waals surface area contributed by atoms with E-state index in [0.717, 1.165) is 33.2 Å². The van der Waals surface area contributed by atoms with Crippen molar-refractivity contribution < 1.29 is 9.47 Å². The Morgan fingerprint density at radius 2 is 1.48 bits per heavy atom. The summed E-state index contributed by atoms with van der Waals surface area (Å²) < 4.78 is 10.7. The standard InChI is InChI=1S/C20H19N5O2/c1-12-15-11-13(26-3)9-10-17(15)23-19(21-12)25(2)20-22-16-8-6-5-7-14(16)18(24-20)27-4/h5-11H,1-4H3. The first-order valence-corrected chi connectivity index (χ1v) is 8.47. The Balaban J connectivity index is 1.83. The topological polar surface area (TPSA) is 73.3 Å². The van der Waals surface area contributed by atoms with E-state index in [1.165, 1.54) is 0 Å². The van der Waals surface area contributed by atoms with Crippen molar-refractivity contribution in [2.45, 2.75) is 6.92 Å². The Morgan fingerprint density at radius 3 is 2.22 bits per heavy atom. The molecule has 0 bridgehead atoms. The summed E-state index contributed by atoms with van der Waals surface area (Å²) in [5, 5.41) is 1.81. The van der Waals surface area contributed by atoms with Crippen LogP contribution < -0.4 is 14.4 Å². The third-order valence-corrected chi connectivity index (χ3v) is 4.43. The van der Waals surface area contributed by atoms with Crippen LogP contribution in [0, 0.1) is 6.92 Å². The van der Waals surface area contributed by atoms with E-state index >= 15 is 0 Å². The zero-order valence-electron chi connectivity index (χ0n) is 15.6. The predicted molar refractivity (Wildman–Crippen MR) is 105 cm³/mol. The normalized spacial score (nSPS) is 11.0. The molecule has 0 unspecified atom stereocenters. The maximum absolute atomic E-state index is 5.44. The van der Waals surface area contributed by atoms with Gasteiger partial charge in [0, 0.05) is 12.4 Å². The van der Waals surface area contributed by atoms with Crippen LogP contribution in [0.25, 0.3) is 21.8 Å². The predicted octanol–water partition coefficient (Wildman–Crippen LogP) is 3.67. The maximum atomic E-state index is 5.44. The molecule has 7 nitrogen and oxygen atoms in total. The maximum Gasteiger partial charge on any atom is 0.235 e. The molecule has 0 saturated heterocycles. The minimum atomic E-state index is 0.470. The van der Waals surface area contributed by atoms with Crippen molar-refractivity contribution in [2.24, 2.45) is 0 Å². The molecular weight excluding hydrogens is 342 g/mol. The van der Waals surface area contributed by atoms with Crippen LogP contribution in [0.3, 0.4) is 0 Å². The number of aromatic nitrogens is 4. The molecule has 4 rings (SSSR count). The average molecular weight is 361 g/mol. The fourth-order valence-electron chi connectivity index (χ4n) is 2.95. The number of fused-ring (bicyclic) bond motifs is 2. The molecule has 0 radical (unpaired) electrons. The Bertz CT molecular complexity index is 1150. The Labute approximate surface area is 156 Å². The molecule has 7 heteroatoms. The Morgan fingerprint density at radius 1 is 0.778 bits per heavy atom. The lowest BCUT2D eigenvalue weighted by atomic mass is 10.2. The van der Waals surface area contributed by atoms with Gasteiger partial charge < -0.3 is 9.47 Å². The van der Waals surface area contributed by atoms with Crippen LogP contribution in [0.1, 0.15) is 5.69 Å². The number of ether oxygens (including phenoxy) is 2. The summed E-state index contributed by atoms with van der Waals surface area (Å²) in [5.74, 6) is 2.28. The molecule has 27 heavy (non-hydrogen) atoms. The molecule has 0 spiro atoms. The number of hydrogen-bond acceptors (Lipinski definition) is 7. The summed E-state index contributed by atoms with van der Waals surface area (Å²) in [6, 6.07) is 13.5. The first-order valence-electron chi connectivity index (χ1n) is 8.47. The first kappa shape index (κ1) is 17.0. The lowest BCUT2D eigenvalue weighted by Crippen LogP contribution is -2.17. The number of hydrogen-bond donors (Lipinski definition) is 0. The molecule has 136 valence electrons. The summed E-state index contributed by atoms with van der Waals surface area (Å²) >= 11 is 0. The van der Waals surface area contributed by atoms with Gasteiger partial charge in [-0.2, -0.15) is 4.98 Å². The Kier molecular flexibility index (Phi) is 4.19. The largest absolute Gasteiger partial charge is 0.497 e. The van der Waals surface area contributed by atoms with Gasteiger partial charge in [-0.1, -0.05) is 12.1 Å². The van der Waals surface area contributed by atoms with E-state index in [1.807, 2.05) is 56.4 Å². The van der Waals surface area contributed by atoms with Crippen molar-refractivity contribution in [3.05, 3.63) is 48.2 Å². The fourth-order valence-corrected chi connectivity index (χ4v) is 2.95. The zero-order valence-corrected chi connectivity index (χ0v) is 15.6. The average Bonchev–Trinajstić information content (AvgIpc) is 2.72. The third-order valence-electron chi connectivity index (χ3n) is 4.43. The highest BCUT2D eigenvalue weighted by Gasteiger charge is 2.16. The molecule has 0 fully saturated rings. The van der Waals surface area contributed by atoms with Crippen molar-refractivity contribution in [2.75, 3.05) is 26.2 Å². The molecular formula is C20H19N5O2. The molecule has 0 aliphatic rings. The van der Waals surface area contributed by atoms with Gasteiger partial charge in [0.25, 0.3) is 0 Å². The molecule has 0 aliphatic heterocycles. The highest BCUT2D eigenvalue weighted by molar-refractivity contribution is 5.86. The van der Waals surface area contributed by atoms with Gasteiger partial charge in [-0.25, -0.2) is 15.0 Å². The van der Waals surface area contributed by atoms with Crippen LogP contribution in [0.15, 0.2) is 42.5 Å². The van der Waals surface area contributed by atoms with Crippen molar-refractivity contribution in [3.63, 3.8) is 0 Å². The first-order chi connectivity index (χ1) is 13.1. The van der Waals surface area contributed by atoms with Crippen molar-refractivity contribution >= 4 is 33.7 Å². The summed E-state index contributed by atoms with van der Waals surface area (Å²) in [4.78, 5) is 20.2. The van der Waals surface area contributed by atoms with Gasteiger partial charge in [-0.15, -0.1) is 0 Å². The van der Waals surface area contributed by atoms with E-state index in [-0.39, 0.29) is 0 Å². The molecule has 0 atom stereocenters. The molecule has 2 aromatic heterocycles. The molecule has 0 aliphatic carbocycles. The van der Waals surface area contributed by atoms with Crippen molar-refractivity contribution in [3.8, 4) is 11.6 Å². The quantitative estimate of drug-likeness (QED) is 0.549. The molecule has 0 saturated carbocycles. The van der Waals surface area contributed by atoms with Gasteiger partial charge in [-0.05, 0) is 37.3 Å². The van der Waals surface area contributed by atoms with Gasteiger partial charge in [0.15, 0.2) is 0 Å². The van der Waals surface area contributed by atoms with Crippen LogP contribution in [0.2, 0.25) is 0 Å². The molecule has 4 aromatic rings. The van der Waals surface area contributed by atoms with Crippen molar-refractivity contribution in [1.29, 1.82) is 0 Å². The minimum absolute atomic E-state index is 0.470. The molecule has 0 N–H and O–H groups in total. The molecule has 2 heterocycles. The van der Waals surface area contributed by atoms with E-state index in [9.17, 15) is 0 Å². The van der Waals surface area contributed by atoms with Gasteiger partial charge in [0.2, 0.25) is 17.8 Å². The number of rotatable bonds is 4. The summed E-state index contributed by atoms with van der Waals surface area (Å²) in [7, 11) is 5.08. The number of anilines is 2. The van der Waals surface area contributed by atoms with Gasteiger partial charge in [0.05, 0.1) is 36.3 Å². The monoisotopic (exact) mass is 361 g/mol. The van der Waals surface area contributed by atoms with E-state index in [4.69, 9.17) is 9.47 Å². The molecule has 2 aromatic carbocycles. The van der Waals surface area contributed by atoms with Gasteiger partial charge >= 0.3 is 0 Å². The second-order valence-electron chi connectivity index (χ2n) is 6.10. The Hall–Kier alpha value is -3.48. The van der Waals surface area contributed by atoms with Gasteiger partial charge in [-0.3, -0.25) is 4.90 Å². The van der Waals surface area contributed by atoms with Crippen LogP contribution in [-0.4, -0.2) is 41.2 Å². The number of para-hydroxylation sites is 1. The minimum Gasteiger partial charge on any atom is -0.497 e. The summed E-state index contributed by atoms with van der Waals surface area (Å²) in [6.07, 6.45) is 0. The highest BCUT2D eigenvalue weighted by Crippen LogP contribution is 2.28. The van der Waals surface area contributed by atoms with E-state index in [0.29, 0.717) is 17.8 Å². The SMILES string of the molecule is COc1ccc2nc(N(C)c3nc(OC)c4ccccc4n3)nc(C)c2c1. The second-order valence-corrected chi connectivity index (χ2v) is 6.10. The lowest BCUT2D eigenvalue weighted by Gasteiger charge is -2.18. The van der Waals surface area contributed by atoms with Crippen LogP contribution >= 0.6 is 0 Å². The van der Waals surface area contributed by atoms with Crippen LogP contribution in [-0.2, 0) is 0 Å². The van der Waals surface area contributed by atoms with E-state index < -0.39 is 0 Å². The van der Waals surface area contributed by atoms with E-state index in [2.05, 4.69) is 19.9 Å². The number of nitrogens with zero attached hydrogens (tertiary/aromatic N) is 5. The number of aryl methyl sites for hydroxylation is 1. The zero-order chi connectivity index (χ0) is 19.0. The fraction of sp³-hybridized carbons (Fsp3) is 0.200. The lowest BCUT2D eigenvalue weighted by molar-refractivity contribution is 0.403. The summed E-state index contributed by atoms with van der Waals surface area (Å²) in [5.41, 5.74) is 2.49. The number of benzene rings is 2. The highest BCUT2D eigenvalue weighted by atomic mass is 16.5. The second kappa shape index (κ2) is 6.68.